The molecular weight excluding hydrogens is 548 g/mol. The molecule has 1 aromatic carbocycles. The number of amides is 3. The lowest BCUT2D eigenvalue weighted by Gasteiger charge is -2.30. The number of nitrogens with one attached hydrogen (secondary N) is 2. The van der Waals surface area contributed by atoms with Gasteiger partial charge in [0.15, 0.2) is 12.0 Å². The van der Waals surface area contributed by atoms with Crippen LogP contribution in [-0.2, 0) is 32.1 Å². The molecule has 0 spiro atoms. The minimum atomic E-state index is -2.27. The Morgan fingerprint density at radius 1 is 1.17 bits per heavy atom. The van der Waals surface area contributed by atoms with Crippen LogP contribution < -0.4 is 10.6 Å². The van der Waals surface area contributed by atoms with E-state index in [0.29, 0.717) is 30.0 Å². The van der Waals surface area contributed by atoms with Crippen molar-refractivity contribution in [1.29, 1.82) is 0 Å². The zero-order valence-corrected chi connectivity index (χ0v) is 24.1. The second-order valence-electron chi connectivity index (χ2n) is 10.6. The molecule has 1 heterocycles. The lowest BCUT2D eigenvalue weighted by atomic mass is 9.84. The molecule has 2 atom stereocenters. The van der Waals surface area contributed by atoms with Crippen LogP contribution in [-0.4, -0.2) is 64.5 Å². The number of likely N-dealkylation sites (N-methyl/N-ethyl adjacent to an activating group) is 1. The van der Waals surface area contributed by atoms with E-state index in [9.17, 15) is 24.3 Å². The number of pyridine rings is 1. The average Bonchev–Trinajstić information content (AvgIpc) is 2.98. The van der Waals surface area contributed by atoms with Crippen molar-refractivity contribution >= 4 is 35.8 Å². The third kappa shape index (κ3) is 11.1. The van der Waals surface area contributed by atoms with Crippen molar-refractivity contribution in [3.05, 3.63) is 64.9 Å². The molecule has 1 aliphatic rings. The molecule has 3 N–H and O–H groups in total. The fourth-order valence-electron chi connectivity index (χ4n) is 4.86. The van der Waals surface area contributed by atoms with Gasteiger partial charge in [-0.2, -0.15) is 0 Å². The molecule has 1 saturated carbocycles. The standard InChI is InChI=1S/C30H39ClN4O6/c1-35(17-13-22-11-15-32-16-12-22)27(37)10-14-30(40,21-36)34-28(38)26(19-23-6-3-2-4-7-23)33-29(39)41-20-24-8-5-9-25(31)18-24/h5,8-9,11-12,15-16,18,21,23,26,40H,2-4,6-7,10,13-14,17,19-20H2,1H3,(H,33,39)(H,34,38)/t26-,30?/m0/s1. The summed E-state index contributed by atoms with van der Waals surface area (Å²) in [7, 11) is 1.64. The molecule has 3 rings (SSSR count). The molecular formula is C30H39ClN4O6. The Bertz CT molecular complexity index is 1160. The summed E-state index contributed by atoms with van der Waals surface area (Å²) in [4.78, 5) is 55.9. The first-order chi connectivity index (χ1) is 19.7. The number of alkyl carbamates (subject to hydrolysis) is 1. The van der Waals surface area contributed by atoms with E-state index >= 15 is 0 Å². The van der Waals surface area contributed by atoms with Crippen LogP contribution in [0.1, 0.15) is 62.5 Å². The predicted octanol–water partition coefficient (Wildman–Crippen LogP) is 3.79. The van der Waals surface area contributed by atoms with Crippen molar-refractivity contribution < 1.29 is 29.0 Å². The maximum atomic E-state index is 13.3. The zero-order valence-electron chi connectivity index (χ0n) is 23.4. The minimum absolute atomic E-state index is 0.0424. The summed E-state index contributed by atoms with van der Waals surface area (Å²) in [6, 6.07) is 9.57. The second-order valence-corrected chi connectivity index (χ2v) is 11.0. The molecule has 0 aliphatic heterocycles. The first-order valence-corrected chi connectivity index (χ1v) is 14.4. The van der Waals surface area contributed by atoms with Gasteiger partial charge in [0.05, 0.1) is 0 Å². The molecule has 3 amide bonds. The number of hydrogen-bond acceptors (Lipinski definition) is 7. The summed E-state index contributed by atoms with van der Waals surface area (Å²) >= 11 is 5.99. The topological polar surface area (TPSA) is 138 Å². The Morgan fingerprint density at radius 3 is 2.59 bits per heavy atom. The molecule has 1 fully saturated rings. The minimum Gasteiger partial charge on any atom is -0.445 e. The number of benzene rings is 1. The van der Waals surface area contributed by atoms with Crippen molar-refractivity contribution in [3.8, 4) is 0 Å². The molecule has 1 aliphatic carbocycles. The number of aldehydes is 1. The third-order valence-electron chi connectivity index (χ3n) is 7.33. The van der Waals surface area contributed by atoms with E-state index in [0.717, 1.165) is 37.7 Å². The van der Waals surface area contributed by atoms with Crippen LogP contribution in [0.15, 0.2) is 48.8 Å². The van der Waals surface area contributed by atoms with E-state index in [2.05, 4.69) is 15.6 Å². The van der Waals surface area contributed by atoms with E-state index < -0.39 is 23.8 Å². The maximum absolute atomic E-state index is 13.3. The number of halogens is 1. The summed E-state index contributed by atoms with van der Waals surface area (Å²) in [6.45, 7) is 0.401. The number of aliphatic hydroxyl groups is 1. The van der Waals surface area contributed by atoms with Gasteiger partial charge >= 0.3 is 6.09 Å². The lowest BCUT2D eigenvalue weighted by Crippen LogP contribution is -2.57. The first kappa shape index (κ1) is 32.0. The monoisotopic (exact) mass is 586 g/mol. The fraction of sp³-hybridized carbons (Fsp3) is 0.500. The number of carbonyl (C=O) groups is 4. The molecule has 2 aromatic rings. The SMILES string of the molecule is CN(CCc1ccncc1)C(=O)CCC(O)(C=O)NC(=O)[C@H](CC1CCCCC1)NC(=O)OCc1cccc(Cl)c1. The third-order valence-corrected chi connectivity index (χ3v) is 7.56. The second kappa shape index (κ2) is 16.1. The van der Waals surface area contributed by atoms with Crippen molar-refractivity contribution in [2.75, 3.05) is 13.6 Å². The van der Waals surface area contributed by atoms with Crippen LogP contribution in [0, 0.1) is 5.92 Å². The van der Waals surface area contributed by atoms with Crippen molar-refractivity contribution in [1.82, 2.24) is 20.5 Å². The Labute approximate surface area is 245 Å². The van der Waals surface area contributed by atoms with E-state index in [4.69, 9.17) is 16.3 Å². The summed E-state index contributed by atoms with van der Waals surface area (Å²) in [5.74, 6) is -0.800. The predicted molar refractivity (Wildman–Crippen MR) is 154 cm³/mol. The fourth-order valence-corrected chi connectivity index (χ4v) is 5.07. The molecule has 41 heavy (non-hydrogen) atoms. The number of hydrogen-bond donors (Lipinski definition) is 3. The van der Waals surface area contributed by atoms with E-state index in [1.807, 2.05) is 12.1 Å². The highest BCUT2D eigenvalue weighted by Crippen LogP contribution is 2.27. The molecule has 11 heteroatoms. The van der Waals surface area contributed by atoms with Gasteiger partial charge in [-0.15, -0.1) is 0 Å². The number of nitrogens with zero attached hydrogens (tertiary/aromatic N) is 2. The highest BCUT2D eigenvalue weighted by Gasteiger charge is 2.34. The quantitative estimate of drug-likeness (QED) is 0.226. The van der Waals surface area contributed by atoms with Gasteiger partial charge in [-0.1, -0.05) is 55.8 Å². The molecule has 0 bridgehead atoms. The highest BCUT2D eigenvalue weighted by atomic mass is 35.5. The average molecular weight is 587 g/mol. The van der Waals surface area contributed by atoms with E-state index in [1.54, 1.807) is 43.7 Å². The van der Waals surface area contributed by atoms with Gasteiger partial charge in [0, 0.05) is 43.9 Å². The van der Waals surface area contributed by atoms with Crippen LogP contribution in [0.2, 0.25) is 5.02 Å². The van der Waals surface area contributed by atoms with E-state index in [1.165, 1.54) is 4.90 Å². The van der Waals surface area contributed by atoms with Gasteiger partial charge < -0.3 is 25.4 Å². The zero-order chi connectivity index (χ0) is 29.7. The van der Waals surface area contributed by atoms with Crippen LogP contribution >= 0.6 is 11.6 Å². The van der Waals surface area contributed by atoms with Crippen LogP contribution in [0.3, 0.4) is 0 Å². The van der Waals surface area contributed by atoms with Gasteiger partial charge in [0.25, 0.3) is 0 Å². The van der Waals surface area contributed by atoms with Gasteiger partial charge in [-0.05, 0) is 54.2 Å². The number of carbonyl (C=O) groups excluding carboxylic acids is 4. The Hall–Kier alpha value is -3.50. The normalized spacial score (nSPS) is 15.7. The van der Waals surface area contributed by atoms with Gasteiger partial charge in [-0.3, -0.25) is 19.4 Å². The van der Waals surface area contributed by atoms with Crippen molar-refractivity contribution in [2.45, 2.75) is 76.2 Å². The summed E-state index contributed by atoms with van der Waals surface area (Å²) < 4.78 is 5.30. The Balaban J connectivity index is 1.56. The first-order valence-electron chi connectivity index (χ1n) is 14.0. The number of ether oxygens (including phenoxy) is 1. The van der Waals surface area contributed by atoms with Crippen molar-refractivity contribution in [3.63, 3.8) is 0 Å². The molecule has 1 unspecified atom stereocenters. The largest absolute Gasteiger partial charge is 0.445 e. The summed E-state index contributed by atoms with van der Waals surface area (Å²) in [5, 5.41) is 16.3. The van der Waals surface area contributed by atoms with Crippen LogP contribution in [0.4, 0.5) is 4.79 Å². The van der Waals surface area contributed by atoms with Gasteiger partial charge in [0.2, 0.25) is 11.8 Å². The number of rotatable bonds is 14. The van der Waals surface area contributed by atoms with Crippen LogP contribution in [0.25, 0.3) is 0 Å². The smallest absolute Gasteiger partial charge is 0.408 e. The van der Waals surface area contributed by atoms with Gasteiger partial charge in [0.1, 0.15) is 12.6 Å². The Morgan fingerprint density at radius 2 is 1.90 bits per heavy atom. The summed E-state index contributed by atoms with van der Waals surface area (Å²) in [5.41, 5.74) is -0.554. The maximum Gasteiger partial charge on any atom is 0.408 e. The van der Waals surface area contributed by atoms with Crippen molar-refractivity contribution in [2.24, 2.45) is 5.92 Å². The highest BCUT2D eigenvalue weighted by molar-refractivity contribution is 6.30. The van der Waals surface area contributed by atoms with E-state index in [-0.39, 0.29) is 37.6 Å². The van der Waals surface area contributed by atoms with Gasteiger partial charge in [-0.25, -0.2) is 4.79 Å². The lowest BCUT2D eigenvalue weighted by molar-refractivity contribution is -0.143. The molecule has 0 radical (unpaired) electrons. The molecule has 1 aromatic heterocycles. The molecule has 0 saturated heterocycles. The summed E-state index contributed by atoms with van der Waals surface area (Å²) in [6.07, 6.45) is 8.29. The molecule has 10 nitrogen and oxygen atoms in total. The Kier molecular flexibility index (Phi) is 12.6. The number of aromatic nitrogens is 1. The van der Waals surface area contributed by atoms with Crippen LogP contribution in [0.5, 0.6) is 0 Å². The molecule has 222 valence electrons.